The van der Waals surface area contributed by atoms with Crippen molar-refractivity contribution in [2.45, 2.75) is 0 Å². The maximum Gasteiger partial charge on any atom is 0.339 e. The molecule has 102 valence electrons. The van der Waals surface area contributed by atoms with Crippen molar-refractivity contribution in [3.05, 3.63) is 51.3 Å². The van der Waals surface area contributed by atoms with E-state index in [1.165, 1.54) is 18.2 Å². The lowest BCUT2D eigenvalue weighted by atomic mass is 10.2. The quantitative estimate of drug-likeness (QED) is 0.680. The highest BCUT2D eigenvalue weighted by Gasteiger charge is 2.14. The number of aromatic nitrogens is 2. The fourth-order valence-corrected chi connectivity index (χ4v) is 1.47. The lowest BCUT2D eigenvalue weighted by molar-refractivity contribution is -0.385. The fourth-order valence-electron chi connectivity index (χ4n) is 1.31. The van der Waals surface area contributed by atoms with Gasteiger partial charge in [0, 0.05) is 11.1 Å². The zero-order valence-corrected chi connectivity index (χ0v) is 10.4. The average Bonchev–Trinajstić information content (AvgIpc) is 2.39. The lowest BCUT2D eigenvalue weighted by Gasteiger charge is -2.06. The molecule has 1 N–H and O–H groups in total. The summed E-state index contributed by atoms with van der Waals surface area (Å²) < 4.78 is 5.18. The Morgan fingerprint density at radius 1 is 1.35 bits per heavy atom. The summed E-state index contributed by atoms with van der Waals surface area (Å²) in [4.78, 5) is 28.0. The maximum atomic E-state index is 11.0. The van der Waals surface area contributed by atoms with Gasteiger partial charge in [-0.3, -0.25) is 10.1 Å². The Labute approximate surface area is 116 Å². The first-order valence-corrected chi connectivity index (χ1v) is 5.52. The molecule has 0 aliphatic rings. The van der Waals surface area contributed by atoms with Gasteiger partial charge in [-0.25, -0.2) is 4.79 Å². The van der Waals surface area contributed by atoms with Crippen LogP contribution in [0.15, 0.2) is 30.6 Å². The number of nitro groups is 1. The van der Waals surface area contributed by atoms with E-state index < -0.39 is 10.9 Å². The standard InChI is InChI=1S/C11H6ClN3O5/c12-6-1-2-8(10(16)17)9(3-6)20-11-13-4-7(5-14-11)15(18)19/h1-5H,(H,16,17). The molecule has 2 aromatic rings. The van der Waals surface area contributed by atoms with Gasteiger partial charge in [-0.15, -0.1) is 0 Å². The van der Waals surface area contributed by atoms with Crippen molar-refractivity contribution in [2.75, 3.05) is 0 Å². The molecule has 0 spiro atoms. The van der Waals surface area contributed by atoms with Crippen LogP contribution >= 0.6 is 11.6 Å². The summed E-state index contributed by atoms with van der Waals surface area (Å²) in [6, 6.07) is 3.73. The average molecular weight is 296 g/mol. The van der Waals surface area contributed by atoms with E-state index in [9.17, 15) is 14.9 Å². The molecular weight excluding hydrogens is 290 g/mol. The predicted octanol–water partition coefficient (Wildman–Crippen LogP) is 2.53. The molecule has 0 atom stereocenters. The number of carbonyl (C=O) groups is 1. The van der Waals surface area contributed by atoms with Crippen LogP contribution in [0.5, 0.6) is 11.8 Å². The number of halogens is 1. The highest BCUT2D eigenvalue weighted by molar-refractivity contribution is 6.30. The van der Waals surface area contributed by atoms with E-state index in [2.05, 4.69) is 9.97 Å². The second-order valence-corrected chi connectivity index (χ2v) is 3.97. The van der Waals surface area contributed by atoms with E-state index in [4.69, 9.17) is 21.4 Å². The van der Waals surface area contributed by atoms with Crippen molar-refractivity contribution in [2.24, 2.45) is 0 Å². The second kappa shape index (κ2) is 5.49. The van der Waals surface area contributed by atoms with Gasteiger partial charge in [0.2, 0.25) is 0 Å². The van der Waals surface area contributed by atoms with Gasteiger partial charge in [0.25, 0.3) is 0 Å². The van der Waals surface area contributed by atoms with E-state index >= 15 is 0 Å². The van der Waals surface area contributed by atoms with Crippen LogP contribution < -0.4 is 4.74 Å². The smallest absolute Gasteiger partial charge is 0.339 e. The molecule has 9 heteroatoms. The molecule has 1 aromatic heterocycles. The third kappa shape index (κ3) is 2.98. The van der Waals surface area contributed by atoms with E-state index in [1.54, 1.807) is 0 Å². The van der Waals surface area contributed by atoms with Crippen LogP contribution in [-0.2, 0) is 0 Å². The third-order valence-corrected chi connectivity index (χ3v) is 2.44. The molecule has 1 aromatic carbocycles. The first-order valence-electron chi connectivity index (χ1n) is 5.14. The summed E-state index contributed by atoms with van der Waals surface area (Å²) in [6.45, 7) is 0. The summed E-state index contributed by atoms with van der Waals surface area (Å²) in [5.41, 5.74) is -0.432. The largest absolute Gasteiger partial charge is 0.478 e. The molecule has 0 saturated carbocycles. The molecule has 2 rings (SSSR count). The van der Waals surface area contributed by atoms with Gasteiger partial charge in [0.05, 0.1) is 4.92 Å². The van der Waals surface area contributed by atoms with Crippen molar-refractivity contribution in [1.29, 1.82) is 0 Å². The van der Waals surface area contributed by atoms with Crippen molar-refractivity contribution in [3.63, 3.8) is 0 Å². The zero-order chi connectivity index (χ0) is 14.7. The van der Waals surface area contributed by atoms with Gasteiger partial charge >= 0.3 is 17.7 Å². The van der Waals surface area contributed by atoms with Crippen molar-refractivity contribution >= 4 is 23.3 Å². The van der Waals surface area contributed by atoms with Crippen molar-refractivity contribution in [1.82, 2.24) is 9.97 Å². The van der Waals surface area contributed by atoms with Crippen LogP contribution in [0.25, 0.3) is 0 Å². The summed E-state index contributed by atoms with van der Waals surface area (Å²) >= 11 is 5.75. The number of rotatable bonds is 4. The molecule has 0 amide bonds. The maximum absolute atomic E-state index is 11.0. The van der Waals surface area contributed by atoms with Crippen LogP contribution in [0.2, 0.25) is 5.02 Å². The molecule has 0 radical (unpaired) electrons. The van der Waals surface area contributed by atoms with E-state index in [-0.39, 0.29) is 28.0 Å². The summed E-state index contributed by atoms with van der Waals surface area (Å²) in [6.07, 6.45) is 1.90. The number of carboxylic acid groups (broad SMARTS) is 1. The summed E-state index contributed by atoms with van der Waals surface area (Å²) in [5, 5.41) is 19.7. The Kier molecular flexibility index (Phi) is 3.76. The van der Waals surface area contributed by atoms with Crippen molar-refractivity contribution in [3.8, 4) is 11.8 Å². The molecule has 1 heterocycles. The Hall–Kier alpha value is -2.74. The van der Waals surface area contributed by atoms with E-state index in [1.807, 2.05) is 0 Å². The lowest BCUT2D eigenvalue weighted by Crippen LogP contribution is -2.01. The molecule has 0 unspecified atom stereocenters. The number of aromatic carboxylic acids is 1. The molecule has 20 heavy (non-hydrogen) atoms. The highest BCUT2D eigenvalue weighted by atomic mass is 35.5. The minimum atomic E-state index is -1.21. The molecule has 0 bridgehead atoms. The third-order valence-electron chi connectivity index (χ3n) is 2.20. The van der Waals surface area contributed by atoms with Gasteiger partial charge in [-0.2, -0.15) is 9.97 Å². The fraction of sp³-hybridized carbons (Fsp3) is 0. The zero-order valence-electron chi connectivity index (χ0n) is 9.69. The minimum Gasteiger partial charge on any atom is -0.478 e. The van der Waals surface area contributed by atoms with Crippen LogP contribution in [-0.4, -0.2) is 26.0 Å². The summed E-state index contributed by atoms with van der Waals surface area (Å²) in [7, 11) is 0. The SMILES string of the molecule is O=C(O)c1ccc(Cl)cc1Oc1ncc([N+](=O)[O-])cn1. The Morgan fingerprint density at radius 3 is 2.55 bits per heavy atom. The number of hydrogen-bond acceptors (Lipinski definition) is 6. The van der Waals surface area contributed by atoms with E-state index in [0.717, 1.165) is 12.4 Å². The number of carboxylic acids is 1. The van der Waals surface area contributed by atoms with Crippen LogP contribution in [0.3, 0.4) is 0 Å². The molecule has 0 aliphatic carbocycles. The number of ether oxygens (including phenoxy) is 1. The topological polar surface area (TPSA) is 115 Å². The second-order valence-electron chi connectivity index (χ2n) is 3.53. The predicted molar refractivity (Wildman–Crippen MR) is 67.2 cm³/mol. The first kappa shape index (κ1) is 13.7. The van der Waals surface area contributed by atoms with Gasteiger partial charge in [0.1, 0.15) is 23.7 Å². The van der Waals surface area contributed by atoms with Crippen LogP contribution in [0, 0.1) is 10.1 Å². The van der Waals surface area contributed by atoms with Crippen LogP contribution in [0.1, 0.15) is 10.4 Å². The van der Waals surface area contributed by atoms with Gasteiger partial charge in [0.15, 0.2) is 0 Å². The molecule has 8 nitrogen and oxygen atoms in total. The Morgan fingerprint density at radius 2 is 2.00 bits per heavy atom. The molecule has 0 aliphatic heterocycles. The Bertz CT molecular complexity index is 674. The van der Waals surface area contributed by atoms with E-state index in [0.29, 0.717) is 0 Å². The normalized spacial score (nSPS) is 10.1. The monoisotopic (exact) mass is 295 g/mol. The highest BCUT2D eigenvalue weighted by Crippen LogP contribution is 2.27. The van der Waals surface area contributed by atoms with Crippen molar-refractivity contribution < 1.29 is 19.6 Å². The van der Waals surface area contributed by atoms with Gasteiger partial charge < -0.3 is 9.84 Å². The number of hydrogen-bond donors (Lipinski definition) is 1. The van der Waals surface area contributed by atoms with Gasteiger partial charge in [-0.1, -0.05) is 11.6 Å². The number of nitrogens with zero attached hydrogens (tertiary/aromatic N) is 3. The number of benzene rings is 1. The molecular formula is C11H6ClN3O5. The van der Waals surface area contributed by atoms with Gasteiger partial charge in [-0.05, 0) is 12.1 Å². The molecule has 0 fully saturated rings. The Balaban J connectivity index is 2.31. The summed E-state index contributed by atoms with van der Waals surface area (Å²) in [5.74, 6) is -1.27. The minimum absolute atomic E-state index is 0.0566. The first-order chi connectivity index (χ1) is 9.47. The van der Waals surface area contributed by atoms with Crippen LogP contribution in [0.4, 0.5) is 5.69 Å². The molecule has 0 saturated heterocycles.